The summed E-state index contributed by atoms with van der Waals surface area (Å²) >= 11 is 0. The summed E-state index contributed by atoms with van der Waals surface area (Å²) in [5.41, 5.74) is -1.29. The van der Waals surface area contributed by atoms with Crippen LogP contribution in [0.15, 0.2) is 11.8 Å². The van der Waals surface area contributed by atoms with Crippen molar-refractivity contribution in [3.8, 4) is 0 Å². The van der Waals surface area contributed by atoms with Crippen LogP contribution in [0.3, 0.4) is 0 Å². The first kappa shape index (κ1) is 17.5. The Hall–Kier alpha value is -0.813. The van der Waals surface area contributed by atoms with E-state index in [2.05, 4.69) is 26.2 Å². The van der Waals surface area contributed by atoms with Gasteiger partial charge in [0.25, 0.3) is 0 Å². The summed E-state index contributed by atoms with van der Waals surface area (Å²) in [7, 11) is -1.62. The molecule has 2 saturated heterocycles. The minimum atomic E-state index is -1.62. The van der Waals surface area contributed by atoms with Gasteiger partial charge in [0.1, 0.15) is 5.60 Å². The van der Waals surface area contributed by atoms with Crippen molar-refractivity contribution in [1.82, 2.24) is 4.90 Å². The first-order valence-electron chi connectivity index (χ1n) is 8.27. The van der Waals surface area contributed by atoms with E-state index in [0.717, 1.165) is 18.0 Å². The maximum atomic E-state index is 12.5. The predicted molar refractivity (Wildman–Crippen MR) is 91.6 cm³/mol. The lowest BCUT2D eigenvalue weighted by Crippen LogP contribution is -2.57. The van der Waals surface area contributed by atoms with Crippen molar-refractivity contribution in [2.24, 2.45) is 0 Å². The predicted octanol–water partition coefficient (Wildman–Crippen LogP) is 3.71. The van der Waals surface area contributed by atoms with Gasteiger partial charge in [-0.1, -0.05) is 24.8 Å². The van der Waals surface area contributed by atoms with Crippen LogP contribution in [0, 0.1) is 0 Å². The van der Waals surface area contributed by atoms with Gasteiger partial charge in [-0.15, -0.1) is 6.58 Å². The van der Waals surface area contributed by atoms with E-state index in [1.54, 1.807) is 0 Å². The molecule has 2 fully saturated rings. The molecule has 2 heterocycles. The summed E-state index contributed by atoms with van der Waals surface area (Å²) in [5, 5.41) is 12.2. The number of carbonyl (C=O) groups excluding carboxylic acids is 1. The van der Waals surface area contributed by atoms with E-state index in [4.69, 9.17) is 4.74 Å². The first-order valence-corrected chi connectivity index (χ1v) is 11.8. The third-order valence-electron chi connectivity index (χ3n) is 4.84. The number of rotatable bonds is 2. The van der Waals surface area contributed by atoms with Crippen LogP contribution in [0.1, 0.15) is 46.5 Å². The molecule has 0 spiro atoms. The van der Waals surface area contributed by atoms with Gasteiger partial charge in [0.15, 0.2) is 0 Å². The van der Waals surface area contributed by atoms with Crippen LogP contribution in [-0.2, 0) is 4.74 Å². The highest BCUT2D eigenvalue weighted by Crippen LogP contribution is 2.45. The Morgan fingerprint density at radius 1 is 1.23 bits per heavy atom. The molecule has 5 heteroatoms. The molecular weight excluding hydrogens is 294 g/mol. The fourth-order valence-corrected chi connectivity index (χ4v) is 5.38. The number of nitrogens with zero attached hydrogens (tertiary/aromatic N) is 1. The average molecular weight is 326 g/mol. The molecule has 0 aliphatic carbocycles. The van der Waals surface area contributed by atoms with Crippen molar-refractivity contribution >= 4 is 14.2 Å². The maximum absolute atomic E-state index is 12.5. The molecule has 0 aromatic heterocycles. The Morgan fingerprint density at radius 3 is 2.05 bits per heavy atom. The van der Waals surface area contributed by atoms with Crippen LogP contribution in [0.5, 0.6) is 0 Å². The Bertz CT molecular complexity index is 461. The molecule has 0 aromatic rings. The Kier molecular flexibility index (Phi) is 4.28. The van der Waals surface area contributed by atoms with Crippen molar-refractivity contribution in [2.75, 3.05) is 0 Å². The molecule has 126 valence electrons. The number of fused-ring (bicyclic) bond motifs is 2. The average Bonchev–Trinajstić information content (AvgIpc) is 2.58. The number of carbonyl (C=O) groups is 1. The van der Waals surface area contributed by atoms with E-state index < -0.39 is 19.3 Å². The number of piperidine rings is 1. The zero-order chi connectivity index (χ0) is 16.9. The monoisotopic (exact) mass is 325 g/mol. The van der Waals surface area contributed by atoms with Crippen LogP contribution < -0.4 is 0 Å². The molecule has 1 amide bonds. The minimum absolute atomic E-state index is 0.0756. The van der Waals surface area contributed by atoms with E-state index in [-0.39, 0.29) is 18.2 Å². The van der Waals surface area contributed by atoms with Gasteiger partial charge in [-0.05, 0) is 33.6 Å². The summed E-state index contributed by atoms with van der Waals surface area (Å²) in [6, 6.07) is 0.151. The van der Waals surface area contributed by atoms with E-state index >= 15 is 0 Å². The molecule has 2 bridgehead atoms. The largest absolute Gasteiger partial charge is 0.444 e. The van der Waals surface area contributed by atoms with Crippen LogP contribution >= 0.6 is 0 Å². The molecular formula is C17H31NO3Si. The highest BCUT2D eigenvalue weighted by molar-refractivity contribution is 6.83. The molecule has 1 N–H and O–H groups in total. The topological polar surface area (TPSA) is 49.8 Å². The van der Waals surface area contributed by atoms with E-state index in [9.17, 15) is 9.90 Å². The number of hydrogen-bond acceptors (Lipinski definition) is 3. The molecule has 0 aromatic carbocycles. The molecule has 2 atom stereocenters. The van der Waals surface area contributed by atoms with Crippen molar-refractivity contribution in [3.05, 3.63) is 11.8 Å². The summed E-state index contributed by atoms with van der Waals surface area (Å²) in [6.07, 6.45) is 2.87. The molecule has 0 radical (unpaired) electrons. The maximum Gasteiger partial charge on any atom is 0.410 e. The van der Waals surface area contributed by atoms with E-state index in [1.807, 2.05) is 25.7 Å². The van der Waals surface area contributed by atoms with Gasteiger partial charge in [-0.3, -0.25) is 0 Å². The lowest BCUT2D eigenvalue weighted by Gasteiger charge is -2.47. The van der Waals surface area contributed by atoms with Gasteiger partial charge in [0.2, 0.25) is 0 Å². The molecule has 2 unspecified atom stereocenters. The third-order valence-corrected chi connectivity index (χ3v) is 7.11. The highest BCUT2D eigenvalue weighted by Gasteiger charge is 2.52. The lowest BCUT2D eigenvalue weighted by molar-refractivity contribution is -0.0371. The Labute approximate surface area is 135 Å². The molecule has 0 saturated carbocycles. The lowest BCUT2D eigenvalue weighted by atomic mass is 9.86. The van der Waals surface area contributed by atoms with Gasteiger partial charge in [0.05, 0.1) is 13.7 Å². The summed E-state index contributed by atoms with van der Waals surface area (Å²) in [6.45, 7) is 16.5. The quantitative estimate of drug-likeness (QED) is 0.787. The van der Waals surface area contributed by atoms with Crippen LogP contribution in [0.4, 0.5) is 4.79 Å². The van der Waals surface area contributed by atoms with Gasteiger partial charge in [-0.2, -0.15) is 0 Å². The van der Waals surface area contributed by atoms with E-state index in [1.165, 1.54) is 0 Å². The van der Waals surface area contributed by atoms with Crippen molar-refractivity contribution in [3.63, 3.8) is 0 Å². The van der Waals surface area contributed by atoms with Crippen molar-refractivity contribution in [2.45, 2.75) is 89.4 Å². The molecule has 2 aliphatic rings. The standard InChI is InChI=1S/C17H31NO3Si/c1-12(22(5,6)7)17(20)10-13-8-9-14(11-17)18(13)15(19)21-16(2,3)4/h13-14,20H,1,8-11H2,2-7H3. The Balaban J connectivity index is 2.15. The van der Waals surface area contributed by atoms with Gasteiger partial charge < -0.3 is 14.7 Å². The van der Waals surface area contributed by atoms with Crippen molar-refractivity contribution < 1.29 is 14.6 Å². The summed E-state index contributed by atoms with van der Waals surface area (Å²) in [4.78, 5) is 14.3. The van der Waals surface area contributed by atoms with Gasteiger partial charge >= 0.3 is 6.09 Å². The second-order valence-corrected chi connectivity index (χ2v) is 14.0. The number of aliphatic hydroxyl groups is 1. The Morgan fingerprint density at radius 2 is 1.68 bits per heavy atom. The molecule has 2 rings (SSSR count). The minimum Gasteiger partial charge on any atom is -0.444 e. The second kappa shape index (κ2) is 5.37. The number of ether oxygens (including phenoxy) is 1. The van der Waals surface area contributed by atoms with Crippen LogP contribution in [-0.4, -0.2) is 47.5 Å². The van der Waals surface area contributed by atoms with Crippen LogP contribution in [0.25, 0.3) is 0 Å². The molecule has 22 heavy (non-hydrogen) atoms. The molecule has 2 aliphatic heterocycles. The van der Waals surface area contributed by atoms with E-state index in [0.29, 0.717) is 12.8 Å². The third kappa shape index (κ3) is 3.40. The number of hydrogen-bond donors (Lipinski definition) is 1. The summed E-state index contributed by atoms with van der Waals surface area (Å²) < 4.78 is 5.55. The fraction of sp³-hybridized carbons (Fsp3) is 0.824. The highest BCUT2D eigenvalue weighted by atomic mass is 28.3. The fourth-order valence-electron chi connectivity index (χ4n) is 3.78. The van der Waals surface area contributed by atoms with Gasteiger partial charge in [-0.25, -0.2) is 4.79 Å². The number of amides is 1. The van der Waals surface area contributed by atoms with Gasteiger partial charge in [0, 0.05) is 24.9 Å². The zero-order valence-electron chi connectivity index (χ0n) is 14.9. The second-order valence-electron chi connectivity index (χ2n) is 8.94. The normalized spacial score (nSPS) is 32.0. The zero-order valence-corrected chi connectivity index (χ0v) is 15.9. The van der Waals surface area contributed by atoms with Crippen molar-refractivity contribution in [1.29, 1.82) is 0 Å². The summed E-state index contributed by atoms with van der Waals surface area (Å²) in [5.74, 6) is 0. The van der Waals surface area contributed by atoms with Crippen LogP contribution in [0.2, 0.25) is 19.6 Å². The smallest absolute Gasteiger partial charge is 0.410 e. The first-order chi connectivity index (χ1) is 9.83. The SMILES string of the molecule is C=C(C1(O)CC2CCC(C1)N2C(=O)OC(C)(C)C)[Si](C)(C)C. The molecule has 4 nitrogen and oxygen atoms in total.